The Labute approximate surface area is 99.1 Å². The van der Waals surface area contributed by atoms with Crippen molar-refractivity contribution in [3.63, 3.8) is 0 Å². The summed E-state index contributed by atoms with van der Waals surface area (Å²) in [6.07, 6.45) is 1.68. The molecule has 0 aromatic heterocycles. The highest BCUT2D eigenvalue weighted by atomic mass is 32.2. The van der Waals surface area contributed by atoms with Gasteiger partial charge in [-0.15, -0.1) is 0 Å². The smallest absolute Gasteiger partial charge is 0.242 e. The average molecular weight is 243 g/mol. The lowest BCUT2D eigenvalue weighted by Crippen LogP contribution is -2.56. The van der Waals surface area contributed by atoms with Crippen molar-refractivity contribution in [1.82, 2.24) is 16.0 Å². The predicted molar refractivity (Wildman–Crippen MR) is 63.3 cm³/mol. The molecule has 6 heteroatoms. The Morgan fingerprint density at radius 1 is 1.44 bits per heavy atom. The molecule has 0 bridgehead atoms. The summed E-state index contributed by atoms with van der Waals surface area (Å²) >= 11 is 1.77. The lowest BCUT2D eigenvalue weighted by atomic mass is 10.1. The van der Waals surface area contributed by atoms with Gasteiger partial charge in [0.2, 0.25) is 11.8 Å². The van der Waals surface area contributed by atoms with Crippen molar-refractivity contribution in [2.24, 2.45) is 0 Å². The number of carbonyl (C=O) groups excluding carboxylic acids is 2. The number of hydrogen-bond acceptors (Lipinski definition) is 4. The van der Waals surface area contributed by atoms with E-state index in [9.17, 15) is 9.59 Å². The SMILES string of the molecule is O=C(NC1CCCNC1=O)C1CSCCN1. The summed E-state index contributed by atoms with van der Waals surface area (Å²) < 4.78 is 0. The first-order valence-corrected chi connectivity index (χ1v) is 6.82. The molecule has 3 N–H and O–H groups in total. The molecule has 0 saturated carbocycles. The van der Waals surface area contributed by atoms with E-state index in [1.54, 1.807) is 11.8 Å². The summed E-state index contributed by atoms with van der Waals surface area (Å²) in [4.78, 5) is 23.3. The Bertz CT molecular complexity index is 279. The maximum absolute atomic E-state index is 11.8. The number of amides is 2. The minimum atomic E-state index is -0.338. The van der Waals surface area contributed by atoms with E-state index < -0.39 is 0 Å². The molecule has 0 spiro atoms. The predicted octanol–water partition coefficient (Wildman–Crippen LogP) is -0.914. The number of nitrogens with one attached hydrogen (secondary N) is 3. The van der Waals surface area contributed by atoms with E-state index in [0.717, 1.165) is 37.4 Å². The molecule has 2 aliphatic heterocycles. The molecular formula is C10H17N3O2S. The van der Waals surface area contributed by atoms with Gasteiger partial charge in [0.15, 0.2) is 0 Å². The topological polar surface area (TPSA) is 70.2 Å². The van der Waals surface area contributed by atoms with Crippen molar-refractivity contribution in [2.45, 2.75) is 24.9 Å². The van der Waals surface area contributed by atoms with Gasteiger partial charge >= 0.3 is 0 Å². The number of piperidine rings is 1. The normalized spacial score (nSPS) is 30.6. The number of thioether (sulfide) groups is 1. The van der Waals surface area contributed by atoms with E-state index in [4.69, 9.17) is 0 Å². The van der Waals surface area contributed by atoms with Gasteiger partial charge in [-0.2, -0.15) is 11.8 Å². The van der Waals surface area contributed by atoms with Crippen LogP contribution in [0.15, 0.2) is 0 Å². The molecule has 2 atom stereocenters. The first-order valence-electron chi connectivity index (χ1n) is 5.66. The fourth-order valence-electron chi connectivity index (χ4n) is 1.92. The Morgan fingerprint density at radius 2 is 2.31 bits per heavy atom. The maximum Gasteiger partial charge on any atom is 0.242 e. The van der Waals surface area contributed by atoms with E-state index in [0.29, 0.717) is 0 Å². The van der Waals surface area contributed by atoms with Gasteiger partial charge in [0.05, 0.1) is 6.04 Å². The molecule has 0 radical (unpaired) electrons. The molecule has 2 saturated heterocycles. The van der Waals surface area contributed by atoms with E-state index in [2.05, 4.69) is 16.0 Å². The highest BCUT2D eigenvalue weighted by Crippen LogP contribution is 2.09. The molecule has 90 valence electrons. The number of carbonyl (C=O) groups is 2. The second-order valence-corrected chi connectivity index (χ2v) is 5.23. The van der Waals surface area contributed by atoms with Crippen molar-refractivity contribution in [3.05, 3.63) is 0 Å². The summed E-state index contributed by atoms with van der Waals surface area (Å²) in [6, 6.07) is -0.483. The van der Waals surface area contributed by atoms with Crippen LogP contribution in [0.1, 0.15) is 12.8 Å². The summed E-state index contributed by atoms with van der Waals surface area (Å²) in [6.45, 7) is 1.59. The zero-order chi connectivity index (χ0) is 11.4. The Kier molecular flexibility index (Phi) is 4.06. The Hall–Kier alpha value is -0.750. The van der Waals surface area contributed by atoms with Crippen LogP contribution >= 0.6 is 11.8 Å². The molecule has 2 aliphatic rings. The van der Waals surface area contributed by atoms with Gasteiger partial charge in [-0.05, 0) is 12.8 Å². The molecular weight excluding hydrogens is 226 g/mol. The van der Waals surface area contributed by atoms with Crippen LogP contribution in [0.25, 0.3) is 0 Å². The van der Waals surface area contributed by atoms with Crippen LogP contribution in [0.4, 0.5) is 0 Å². The summed E-state index contributed by atoms with van der Waals surface area (Å²) in [5.74, 6) is 1.74. The first kappa shape index (κ1) is 11.7. The third kappa shape index (κ3) is 2.89. The van der Waals surface area contributed by atoms with Crippen LogP contribution in [0.5, 0.6) is 0 Å². The van der Waals surface area contributed by atoms with Crippen LogP contribution in [-0.4, -0.2) is 48.5 Å². The number of rotatable bonds is 2. The summed E-state index contributed by atoms with van der Waals surface area (Å²) in [5, 5.41) is 8.73. The van der Waals surface area contributed by atoms with Gasteiger partial charge in [-0.25, -0.2) is 0 Å². The minimum absolute atomic E-state index is 0.0470. The fourth-order valence-corrected chi connectivity index (χ4v) is 2.85. The molecule has 0 aliphatic carbocycles. The second-order valence-electron chi connectivity index (χ2n) is 4.08. The first-order chi connectivity index (χ1) is 7.77. The van der Waals surface area contributed by atoms with E-state index >= 15 is 0 Å². The maximum atomic E-state index is 11.8. The van der Waals surface area contributed by atoms with Crippen molar-refractivity contribution >= 4 is 23.6 Å². The lowest BCUT2D eigenvalue weighted by molar-refractivity contribution is -0.130. The van der Waals surface area contributed by atoms with Crippen molar-refractivity contribution in [2.75, 3.05) is 24.6 Å². The molecule has 2 unspecified atom stereocenters. The Balaban J connectivity index is 1.83. The van der Waals surface area contributed by atoms with Crippen molar-refractivity contribution in [3.8, 4) is 0 Å². The van der Waals surface area contributed by atoms with Crippen LogP contribution < -0.4 is 16.0 Å². The van der Waals surface area contributed by atoms with Crippen LogP contribution in [0.3, 0.4) is 0 Å². The lowest BCUT2D eigenvalue weighted by Gasteiger charge is -2.27. The zero-order valence-electron chi connectivity index (χ0n) is 9.12. The monoisotopic (exact) mass is 243 g/mol. The van der Waals surface area contributed by atoms with E-state index in [-0.39, 0.29) is 23.9 Å². The van der Waals surface area contributed by atoms with Crippen molar-refractivity contribution in [1.29, 1.82) is 0 Å². The molecule has 2 amide bonds. The van der Waals surface area contributed by atoms with Crippen LogP contribution in [0, 0.1) is 0 Å². The van der Waals surface area contributed by atoms with Gasteiger partial charge in [-0.3, -0.25) is 9.59 Å². The van der Waals surface area contributed by atoms with Gasteiger partial charge in [0.1, 0.15) is 6.04 Å². The van der Waals surface area contributed by atoms with Gasteiger partial charge in [0.25, 0.3) is 0 Å². The summed E-state index contributed by atoms with van der Waals surface area (Å²) in [5.41, 5.74) is 0. The van der Waals surface area contributed by atoms with E-state index in [1.807, 2.05) is 0 Å². The molecule has 0 aromatic rings. The van der Waals surface area contributed by atoms with Crippen molar-refractivity contribution < 1.29 is 9.59 Å². The number of hydrogen-bond donors (Lipinski definition) is 3. The van der Waals surface area contributed by atoms with Gasteiger partial charge < -0.3 is 16.0 Å². The standard InChI is InChI=1S/C10H17N3O2S/c14-9-7(2-1-3-12-9)13-10(15)8-6-16-5-4-11-8/h7-8,11H,1-6H2,(H,12,14)(H,13,15). The third-order valence-electron chi connectivity index (χ3n) is 2.84. The molecule has 2 rings (SSSR count). The molecule has 2 heterocycles. The van der Waals surface area contributed by atoms with Crippen LogP contribution in [-0.2, 0) is 9.59 Å². The van der Waals surface area contributed by atoms with E-state index in [1.165, 1.54) is 0 Å². The molecule has 0 aromatic carbocycles. The second kappa shape index (κ2) is 5.54. The quantitative estimate of drug-likeness (QED) is 0.587. The molecule has 2 fully saturated rings. The average Bonchev–Trinajstić information content (AvgIpc) is 2.33. The molecule has 5 nitrogen and oxygen atoms in total. The van der Waals surface area contributed by atoms with Gasteiger partial charge in [-0.1, -0.05) is 0 Å². The minimum Gasteiger partial charge on any atom is -0.354 e. The Morgan fingerprint density at radius 3 is 3.00 bits per heavy atom. The molecule has 16 heavy (non-hydrogen) atoms. The highest BCUT2D eigenvalue weighted by Gasteiger charge is 2.27. The van der Waals surface area contributed by atoms with Gasteiger partial charge in [0, 0.05) is 24.6 Å². The highest BCUT2D eigenvalue weighted by molar-refractivity contribution is 7.99. The fraction of sp³-hybridized carbons (Fsp3) is 0.800. The van der Waals surface area contributed by atoms with Crippen LogP contribution in [0.2, 0.25) is 0 Å². The zero-order valence-corrected chi connectivity index (χ0v) is 9.94. The third-order valence-corrected chi connectivity index (χ3v) is 3.90. The summed E-state index contributed by atoms with van der Waals surface area (Å²) in [7, 11) is 0. The largest absolute Gasteiger partial charge is 0.354 e.